The molecule has 1 aliphatic rings. The zero-order valence-electron chi connectivity index (χ0n) is 17.2. The van der Waals surface area contributed by atoms with E-state index in [9.17, 15) is 14.0 Å². The van der Waals surface area contributed by atoms with Gasteiger partial charge in [-0.05, 0) is 44.0 Å². The van der Waals surface area contributed by atoms with Crippen molar-refractivity contribution in [1.82, 2.24) is 19.8 Å². The monoisotopic (exact) mass is 426 g/mol. The van der Waals surface area contributed by atoms with Gasteiger partial charge < -0.3 is 9.80 Å². The second-order valence-corrected chi connectivity index (χ2v) is 8.57. The van der Waals surface area contributed by atoms with Crippen LogP contribution in [0, 0.1) is 26.6 Å². The van der Waals surface area contributed by atoms with Gasteiger partial charge in [-0.25, -0.2) is 14.4 Å². The number of carbonyl (C=O) groups excluding carboxylic acids is 2. The van der Waals surface area contributed by atoms with Gasteiger partial charge in [0.05, 0.1) is 11.3 Å². The SMILES string of the molecule is Cc1nc(C)c2c(C)c(C(=O)N3CCN(C(=O)Cc4ccc(F)cc4)CC3)sc2n1. The van der Waals surface area contributed by atoms with Crippen molar-refractivity contribution in [1.29, 1.82) is 0 Å². The highest BCUT2D eigenvalue weighted by molar-refractivity contribution is 7.20. The van der Waals surface area contributed by atoms with Gasteiger partial charge >= 0.3 is 0 Å². The van der Waals surface area contributed by atoms with Gasteiger partial charge in [0, 0.05) is 37.3 Å². The molecule has 3 heterocycles. The highest BCUT2D eigenvalue weighted by Crippen LogP contribution is 2.32. The van der Waals surface area contributed by atoms with Gasteiger partial charge in [-0.15, -0.1) is 11.3 Å². The summed E-state index contributed by atoms with van der Waals surface area (Å²) in [5.41, 5.74) is 2.60. The van der Waals surface area contributed by atoms with Gasteiger partial charge in [0.15, 0.2) is 0 Å². The molecule has 0 spiro atoms. The maximum atomic E-state index is 13.1. The second-order valence-electron chi connectivity index (χ2n) is 7.57. The molecule has 0 saturated carbocycles. The Morgan fingerprint density at radius 2 is 1.63 bits per heavy atom. The third kappa shape index (κ3) is 3.92. The lowest BCUT2D eigenvalue weighted by atomic mass is 10.1. The molecule has 8 heteroatoms. The molecule has 2 amide bonds. The molecule has 0 bridgehead atoms. The molecular weight excluding hydrogens is 403 g/mol. The number of nitrogens with zero attached hydrogens (tertiary/aromatic N) is 4. The standard InChI is InChI=1S/C22H23FN4O2S/c1-13-19-14(2)24-15(3)25-21(19)30-20(13)22(29)27-10-8-26(9-11-27)18(28)12-16-4-6-17(23)7-5-16/h4-7H,8-12H2,1-3H3. The largest absolute Gasteiger partial charge is 0.339 e. The van der Waals surface area contributed by atoms with Crippen LogP contribution in [0.5, 0.6) is 0 Å². The average molecular weight is 427 g/mol. The Kier molecular flexibility index (Phi) is 5.51. The number of carbonyl (C=O) groups is 2. The van der Waals surface area contributed by atoms with Crippen molar-refractivity contribution in [3.8, 4) is 0 Å². The Bertz CT molecular complexity index is 1120. The number of rotatable bonds is 3. The number of fused-ring (bicyclic) bond motifs is 1. The van der Waals surface area contributed by atoms with Gasteiger partial charge in [-0.1, -0.05) is 12.1 Å². The molecule has 1 aliphatic heterocycles. The van der Waals surface area contributed by atoms with Crippen molar-refractivity contribution in [2.45, 2.75) is 27.2 Å². The summed E-state index contributed by atoms with van der Waals surface area (Å²) in [5.74, 6) is 0.367. The quantitative estimate of drug-likeness (QED) is 0.645. The molecule has 2 aromatic heterocycles. The van der Waals surface area contributed by atoms with E-state index in [0.717, 1.165) is 27.0 Å². The van der Waals surface area contributed by atoms with Crippen LogP contribution in [0.2, 0.25) is 0 Å². The molecule has 1 saturated heterocycles. The lowest BCUT2D eigenvalue weighted by Gasteiger charge is -2.34. The molecule has 1 aromatic carbocycles. The minimum absolute atomic E-state index is 0.00637. The molecule has 3 aromatic rings. The van der Waals surface area contributed by atoms with Crippen LogP contribution in [0.15, 0.2) is 24.3 Å². The van der Waals surface area contributed by atoms with Crippen LogP contribution < -0.4 is 0 Å². The number of amides is 2. The van der Waals surface area contributed by atoms with Crippen LogP contribution in [-0.4, -0.2) is 57.8 Å². The molecule has 4 rings (SSSR count). The Hall–Kier alpha value is -2.87. The summed E-state index contributed by atoms with van der Waals surface area (Å²) in [5, 5.41) is 0.960. The molecule has 6 nitrogen and oxygen atoms in total. The highest BCUT2D eigenvalue weighted by atomic mass is 32.1. The third-order valence-electron chi connectivity index (χ3n) is 5.47. The molecule has 0 N–H and O–H groups in total. The Morgan fingerprint density at radius 1 is 1.00 bits per heavy atom. The van der Waals surface area contributed by atoms with Crippen LogP contribution >= 0.6 is 11.3 Å². The van der Waals surface area contributed by atoms with Crippen LogP contribution in [0.4, 0.5) is 4.39 Å². The molecule has 0 aliphatic carbocycles. The van der Waals surface area contributed by atoms with E-state index in [-0.39, 0.29) is 24.1 Å². The number of hydrogen-bond acceptors (Lipinski definition) is 5. The third-order valence-corrected chi connectivity index (χ3v) is 6.64. The van der Waals surface area contributed by atoms with Crippen molar-refractivity contribution in [3.63, 3.8) is 0 Å². The predicted molar refractivity (Wildman–Crippen MR) is 114 cm³/mol. The number of aromatic nitrogens is 2. The first kappa shape index (κ1) is 20.4. The fraction of sp³-hybridized carbons (Fsp3) is 0.364. The maximum Gasteiger partial charge on any atom is 0.264 e. The van der Waals surface area contributed by atoms with Gasteiger partial charge in [-0.2, -0.15) is 0 Å². The Labute approximate surface area is 178 Å². The minimum Gasteiger partial charge on any atom is -0.339 e. The predicted octanol–water partition coefficient (Wildman–Crippen LogP) is 3.28. The van der Waals surface area contributed by atoms with Gasteiger partial charge in [0.2, 0.25) is 5.91 Å². The lowest BCUT2D eigenvalue weighted by molar-refractivity contribution is -0.131. The number of halogens is 1. The summed E-state index contributed by atoms with van der Waals surface area (Å²) in [6.07, 6.45) is 0.237. The topological polar surface area (TPSA) is 66.4 Å². The number of piperazine rings is 1. The second kappa shape index (κ2) is 8.10. The fourth-order valence-electron chi connectivity index (χ4n) is 3.87. The van der Waals surface area contributed by atoms with Crippen LogP contribution in [0.25, 0.3) is 10.2 Å². The highest BCUT2D eigenvalue weighted by Gasteiger charge is 2.28. The first-order valence-corrected chi connectivity index (χ1v) is 10.7. The van der Waals surface area contributed by atoms with Crippen molar-refractivity contribution >= 4 is 33.4 Å². The van der Waals surface area contributed by atoms with Crippen LogP contribution in [0.3, 0.4) is 0 Å². The summed E-state index contributed by atoms with van der Waals surface area (Å²) < 4.78 is 13.0. The van der Waals surface area contributed by atoms with E-state index < -0.39 is 0 Å². The van der Waals surface area contributed by atoms with E-state index in [1.54, 1.807) is 21.9 Å². The van der Waals surface area contributed by atoms with Crippen LogP contribution in [0.1, 0.15) is 32.3 Å². The number of hydrogen-bond donors (Lipinski definition) is 0. The van der Waals surface area contributed by atoms with Crippen molar-refractivity contribution in [3.05, 3.63) is 57.6 Å². The first-order chi connectivity index (χ1) is 14.3. The molecule has 30 heavy (non-hydrogen) atoms. The molecule has 0 radical (unpaired) electrons. The van der Waals surface area contributed by atoms with E-state index in [4.69, 9.17) is 0 Å². The molecule has 0 atom stereocenters. The summed E-state index contributed by atoms with van der Waals surface area (Å²) in [6, 6.07) is 5.98. The molecule has 0 unspecified atom stereocenters. The van der Waals surface area contributed by atoms with E-state index in [1.165, 1.54) is 23.5 Å². The van der Waals surface area contributed by atoms with Crippen molar-refractivity contribution in [2.75, 3.05) is 26.2 Å². The molecule has 156 valence electrons. The molecular formula is C22H23FN4O2S. The first-order valence-electron chi connectivity index (χ1n) is 9.89. The maximum absolute atomic E-state index is 13.1. The average Bonchev–Trinajstić information content (AvgIpc) is 3.05. The van der Waals surface area contributed by atoms with E-state index in [2.05, 4.69) is 9.97 Å². The van der Waals surface area contributed by atoms with Gasteiger partial charge in [0.1, 0.15) is 16.5 Å². The zero-order chi connectivity index (χ0) is 21.4. The van der Waals surface area contributed by atoms with Crippen LogP contribution in [-0.2, 0) is 11.2 Å². The minimum atomic E-state index is -0.314. The van der Waals surface area contributed by atoms with Crippen molar-refractivity contribution < 1.29 is 14.0 Å². The Morgan fingerprint density at radius 3 is 2.30 bits per heavy atom. The van der Waals surface area contributed by atoms with Crippen molar-refractivity contribution in [2.24, 2.45) is 0 Å². The number of benzene rings is 1. The smallest absolute Gasteiger partial charge is 0.264 e. The summed E-state index contributed by atoms with van der Waals surface area (Å²) in [4.78, 5) is 39.7. The van der Waals surface area contributed by atoms with E-state index in [0.29, 0.717) is 36.9 Å². The van der Waals surface area contributed by atoms with E-state index in [1.807, 2.05) is 20.8 Å². The fourth-order valence-corrected chi connectivity index (χ4v) is 5.11. The Balaban J connectivity index is 1.43. The summed E-state index contributed by atoms with van der Waals surface area (Å²) in [7, 11) is 0. The van der Waals surface area contributed by atoms with Gasteiger partial charge in [-0.3, -0.25) is 9.59 Å². The lowest BCUT2D eigenvalue weighted by Crippen LogP contribution is -2.51. The summed E-state index contributed by atoms with van der Waals surface area (Å²) >= 11 is 1.41. The normalized spacial score (nSPS) is 14.4. The van der Waals surface area contributed by atoms with E-state index >= 15 is 0 Å². The van der Waals surface area contributed by atoms with Gasteiger partial charge in [0.25, 0.3) is 5.91 Å². The summed E-state index contributed by atoms with van der Waals surface area (Å²) in [6.45, 7) is 7.71. The molecule has 1 fully saturated rings. The number of thiophene rings is 1. The zero-order valence-corrected chi connectivity index (χ0v) is 18.1. The number of aryl methyl sites for hydroxylation is 3.